The molecule has 1 fully saturated rings. The number of amides is 2. The summed E-state index contributed by atoms with van der Waals surface area (Å²) in [5.41, 5.74) is 0. The van der Waals surface area contributed by atoms with E-state index in [0.29, 0.717) is 5.06 Å². The van der Waals surface area contributed by atoms with Crippen molar-refractivity contribution in [1.82, 2.24) is 5.06 Å². The van der Waals surface area contributed by atoms with E-state index in [1.807, 2.05) is 0 Å². The quantitative estimate of drug-likeness (QED) is 0.458. The molecule has 2 amide bonds. The summed E-state index contributed by atoms with van der Waals surface area (Å²) >= 11 is 0. The largest absolute Gasteiger partial charge is 0.469 e. The molecule has 0 aromatic rings. The third-order valence-electron chi connectivity index (χ3n) is 1.76. The van der Waals surface area contributed by atoms with Gasteiger partial charge in [0.25, 0.3) is 11.8 Å². The molecule has 0 radical (unpaired) electrons. The molecule has 78 valence electrons. The van der Waals surface area contributed by atoms with E-state index in [4.69, 9.17) is 4.84 Å². The van der Waals surface area contributed by atoms with Gasteiger partial charge in [0.15, 0.2) is 0 Å². The minimum absolute atomic E-state index is 0.0214. The van der Waals surface area contributed by atoms with Gasteiger partial charge in [-0.1, -0.05) is 0 Å². The summed E-state index contributed by atoms with van der Waals surface area (Å²) in [6.45, 7) is -0.0237. The monoisotopic (exact) mass is 201 g/mol. The van der Waals surface area contributed by atoms with Crippen LogP contribution in [0.15, 0.2) is 0 Å². The summed E-state index contributed by atoms with van der Waals surface area (Å²) in [4.78, 5) is 37.5. The lowest BCUT2D eigenvalue weighted by Crippen LogP contribution is -2.30. The molecule has 1 aliphatic heterocycles. The van der Waals surface area contributed by atoms with Crippen molar-refractivity contribution in [1.29, 1.82) is 0 Å². The molecule has 1 rings (SSSR count). The van der Waals surface area contributed by atoms with Crippen molar-refractivity contribution in [2.24, 2.45) is 0 Å². The van der Waals surface area contributed by atoms with Crippen LogP contribution < -0.4 is 0 Å². The van der Waals surface area contributed by atoms with Gasteiger partial charge < -0.3 is 4.74 Å². The normalized spacial score (nSPS) is 16.2. The van der Waals surface area contributed by atoms with Gasteiger partial charge in [-0.3, -0.25) is 19.2 Å². The highest BCUT2D eigenvalue weighted by molar-refractivity contribution is 6.00. The van der Waals surface area contributed by atoms with Crippen LogP contribution in [0.5, 0.6) is 0 Å². The fraction of sp³-hybridized carbons (Fsp3) is 0.625. The molecule has 1 saturated heterocycles. The van der Waals surface area contributed by atoms with Crippen molar-refractivity contribution in [3.63, 3.8) is 0 Å². The lowest BCUT2D eigenvalue weighted by molar-refractivity contribution is -0.189. The Hall–Kier alpha value is -1.43. The second-order valence-corrected chi connectivity index (χ2v) is 2.74. The van der Waals surface area contributed by atoms with Crippen LogP contribution in [0.2, 0.25) is 0 Å². The summed E-state index contributed by atoms with van der Waals surface area (Å²) in [6, 6.07) is 0. The summed E-state index contributed by atoms with van der Waals surface area (Å²) in [7, 11) is 1.26. The molecule has 0 unspecified atom stereocenters. The van der Waals surface area contributed by atoms with Crippen LogP contribution >= 0.6 is 0 Å². The zero-order chi connectivity index (χ0) is 10.6. The van der Waals surface area contributed by atoms with E-state index in [0.717, 1.165) is 0 Å². The number of carbonyl (C=O) groups is 3. The SMILES string of the molecule is COC(=O)CCON1C(=O)CCC1=O. The van der Waals surface area contributed by atoms with Crippen molar-refractivity contribution >= 4 is 17.8 Å². The van der Waals surface area contributed by atoms with Gasteiger partial charge in [0.05, 0.1) is 20.1 Å². The Morgan fingerprint density at radius 3 is 2.43 bits per heavy atom. The Balaban J connectivity index is 2.27. The summed E-state index contributed by atoms with van der Waals surface area (Å²) < 4.78 is 4.36. The van der Waals surface area contributed by atoms with Gasteiger partial charge in [-0.05, 0) is 0 Å². The van der Waals surface area contributed by atoms with E-state index in [-0.39, 0.29) is 37.7 Å². The molecule has 0 aromatic carbocycles. The molecular formula is C8H11NO5. The number of carbonyl (C=O) groups excluding carboxylic acids is 3. The summed E-state index contributed by atoms with van der Waals surface area (Å²) in [5, 5.41) is 0.711. The van der Waals surface area contributed by atoms with Gasteiger partial charge in [0.2, 0.25) is 0 Å². The van der Waals surface area contributed by atoms with Crippen molar-refractivity contribution in [3.05, 3.63) is 0 Å². The maximum atomic E-state index is 11.0. The average Bonchev–Trinajstić information content (AvgIpc) is 2.48. The van der Waals surface area contributed by atoms with Crippen LogP contribution in [-0.2, 0) is 24.0 Å². The second-order valence-electron chi connectivity index (χ2n) is 2.74. The minimum Gasteiger partial charge on any atom is -0.469 e. The number of imide groups is 1. The molecule has 14 heavy (non-hydrogen) atoms. The third kappa shape index (κ3) is 2.53. The number of nitrogens with zero attached hydrogens (tertiary/aromatic N) is 1. The first-order valence-corrected chi connectivity index (χ1v) is 4.20. The molecule has 0 saturated carbocycles. The molecule has 6 heteroatoms. The second kappa shape index (κ2) is 4.71. The molecule has 0 aromatic heterocycles. The Labute approximate surface area is 80.7 Å². The Bertz CT molecular complexity index is 246. The Morgan fingerprint density at radius 1 is 1.36 bits per heavy atom. The highest BCUT2D eigenvalue weighted by Gasteiger charge is 2.30. The standard InChI is InChI=1S/C8H11NO5/c1-13-8(12)4-5-14-9-6(10)2-3-7(9)11/h2-5H2,1H3. The first-order chi connectivity index (χ1) is 6.65. The number of hydrogen-bond donors (Lipinski definition) is 0. The number of hydrogen-bond acceptors (Lipinski definition) is 5. The van der Waals surface area contributed by atoms with Crippen LogP contribution in [0.25, 0.3) is 0 Å². The maximum absolute atomic E-state index is 11.0. The molecule has 0 spiro atoms. The van der Waals surface area contributed by atoms with Crippen molar-refractivity contribution < 1.29 is 24.0 Å². The van der Waals surface area contributed by atoms with Crippen LogP contribution in [0.1, 0.15) is 19.3 Å². The van der Waals surface area contributed by atoms with Crippen molar-refractivity contribution in [2.75, 3.05) is 13.7 Å². The van der Waals surface area contributed by atoms with Gasteiger partial charge >= 0.3 is 5.97 Å². The van der Waals surface area contributed by atoms with E-state index in [1.165, 1.54) is 7.11 Å². The number of ether oxygens (including phenoxy) is 1. The number of hydroxylamine groups is 2. The molecule has 0 N–H and O–H groups in total. The summed E-state index contributed by atoms with van der Waals surface area (Å²) in [5.74, 6) is -1.16. The topological polar surface area (TPSA) is 72.9 Å². The minimum atomic E-state index is -0.441. The van der Waals surface area contributed by atoms with Crippen LogP contribution in [-0.4, -0.2) is 36.6 Å². The predicted molar refractivity (Wildman–Crippen MR) is 43.7 cm³/mol. The van der Waals surface area contributed by atoms with Gasteiger partial charge in [-0.25, -0.2) is 0 Å². The third-order valence-corrected chi connectivity index (χ3v) is 1.76. The molecule has 1 heterocycles. The highest BCUT2D eigenvalue weighted by atomic mass is 16.7. The number of esters is 1. The first kappa shape index (κ1) is 10.6. The maximum Gasteiger partial charge on any atom is 0.307 e. The first-order valence-electron chi connectivity index (χ1n) is 4.20. The fourth-order valence-corrected chi connectivity index (χ4v) is 1.02. The Kier molecular flexibility index (Phi) is 3.58. The smallest absolute Gasteiger partial charge is 0.307 e. The van der Waals surface area contributed by atoms with Gasteiger partial charge in [0.1, 0.15) is 0 Å². The van der Waals surface area contributed by atoms with E-state index >= 15 is 0 Å². The number of rotatable bonds is 4. The predicted octanol–water partition coefficient (Wildman–Crippen LogP) is -0.370. The van der Waals surface area contributed by atoms with Crippen LogP contribution in [0.3, 0.4) is 0 Å². The Morgan fingerprint density at radius 2 is 1.93 bits per heavy atom. The lowest BCUT2D eigenvalue weighted by Gasteiger charge is -2.12. The van der Waals surface area contributed by atoms with E-state index in [2.05, 4.69) is 4.74 Å². The van der Waals surface area contributed by atoms with Crippen molar-refractivity contribution in [2.45, 2.75) is 19.3 Å². The molecule has 0 bridgehead atoms. The van der Waals surface area contributed by atoms with E-state index < -0.39 is 5.97 Å². The fourth-order valence-electron chi connectivity index (χ4n) is 1.02. The number of methoxy groups -OCH3 is 1. The molecule has 6 nitrogen and oxygen atoms in total. The van der Waals surface area contributed by atoms with Gasteiger partial charge in [-0.2, -0.15) is 5.06 Å². The van der Waals surface area contributed by atoms with Gasteiger partial charge in [0, 0.05) is 12.8 Å². The lowest BCUT2D eigenvalue weighted by atomic mass is 10.4. The molecular weight excluding hydrogens is 190 g/mol. The molecule has 1 aliphatic rings. The molecule has 0 atom stereocenters. The average molecular weight is 201 g/mol. The molecule has 0 aliphatic carbocycles. The van der Waals surface area contributed by atoms with E-state index in [9.17, 15) is 14.4 Å². The van der Waals surface area contributed by atoms with Crippen molar-refractivity contribution in [3.8, 4) is 0 Å². The zero-order valence-electron chi connectivity index (χ0n) is 7.82. The van der Waals surface area contributed by atoms with E-state index in [1.54, 1.807) is 0 Å². The zero-order valence-corrected chi connectivity index (χ0v) is 7.82. The van der Waals surface area contributed by atoms with Crippen LogP contribution in [0, 0.1) is 0 Å². The van der Waals surface area contributed by atoms with Gasteiger partial charge in [-0.15, -0.1) is 0 Å². The van der Waals surface area contributed by atoms with Crippen LogP contribution in [0.4, 0.5) is 0 Å². The highest BCUT2D eigenvalue weighted by Crippen LogP contribution is 2.11. The summed E-state index contributed by atoms with van der Waals surface area (Å²) in [6.07, 6.45) is 0.377.